The quantitative estimate of drug-likeness (QED) is 0.384. The number of piperazine rings is 1. The number of sulfonamides is 1. The number of rotatable bonds is 7. The molecule has 1 unspecified atom stereocenters. The number of carboxylic acids is 1. The lowest BCUT2D eigenvalue weighted by Gasteiger charge is -2.30. The number of halogens is 3. The number of alkyl halides is 3. The highest BCUT2D eigenvalue weighted by Gasteiger charge is 2.38. The lowest BCUT2D eigenvalue weighted by molar-refractivity contribution is -0.192. The highest BCUT2D eigenvalue weighted by molar-refractivity contribution is 7.92. The van der Waals surface area contributed by atoms with Crippen molar-refractivity contribution in [2.24, 2.45) is 0 Å². The third kappa shape index (κ3) is 9.37. The summed E-state index contributed by atoms with van der Waals surface area (Å²) in [5.74, 6) is -2.46. The highest BCUT2D eigenvalue weighted by atomic mass is 32.2. The van der Waals surface area contributed by atoms with Crippen LogP contribution in [0.5, 0.6) is 0 Å². The van der Waals surface area contributed by atoms with Crippen LogP contribution in [0.2, 0.25) is 0 Å². The number of nitrogens with zero attached hydrogens (tertiary/aromatic N) is 2. The van der Waals surface area contributed by atoms with Gasteiger partial charge in [-0.2, -0.15) is 13.2 Å². The highest BCUT2D eigenvalue weighted by Crippen LogP contribution is 2.26. The molecule has 0 saturated carbocycles. The standard InChI is InChI=1S/C24H35N5O3S.C2HF3O2/c1-6-17(2)27-23(30)21-15-19(16-26-22(21)29-13-11-25-12-14-29)28-33(31,32)20-9-7-18(8-10-20)24(3,4)5;3-2(4,5)1(6)7/h7-10,15-17,25,28H,6,11-14H2,1-5H3,(H,27,30);(H,6,7). The third-order valence-corrected chi connectivity index (χ3v) is 7.44. The first-order chi connectivity index (χ1) is 18.5. The van der Waals surface area contributed by atoms with Crippen LogP contribution >= 0.6 is 0 Å². The Hall–Kier alpha value is -3.39. The first-order valence-corrected chi connectivity index (χ1v) is 14.1. The van der Waals surface area contributed by atoms with Crippen LogP contribution < -0.4 is 20.3 Å². The molecule has 10 nitrogen and oxygen atoms in total. The van der Waals surface area contributed by atoms with Gasteiger partial charge in [-0.25, -0.2) is 18.2 Å². The van der Waals surface area contributed by atoms with E-state index in [9.17, 15) is 26.4 Å². The van der Waals surface area contributed by atoms with Gasteiger partial charge in [-0.3, -0.25) is 9.52 Å². The Morgan fingerprint density at radius 1 is 1.12 bits per heavy atom. The van der Waals surface area contributed by atoms with Gasteiger partial charge in [-0.15, -0.1) is 0 Å². The summed E-state index contributed by atoms with van der Waals surface area (Å²) in [6.45, 7) is 13.2. The number of hydrogen-bond acceptors (Lipinski definition) is 7. The number of amides is 1. The molecule has 1 aliphatic rings. The third-order valence-electron chi connectivity index (χ3n) is 6.04. The summed E-state index contributed by atoms with van der Waals surface area (Å²) < 4.78 is 60.3. The first kappa shape index (κ1) is 32.8. The van der Waals surface area contributed by atoms with E-state index in [4.69, 9.17) is 9.90 Å². The molecule has 4 N–H and O–H groups in total. The van der Waals surface area contributed by atoms with Crippen LogP contribution in [0.4, 0.5) is 24.7 Å². The van der Waals surface area contributed by atoms with Gasteiger partial charge in [0.1, 0.15) is 5.82 Å². The van der Waals surface area contributed by atoms with Crippen LogP contribution in [-0.2, 0) is 20.2 Å². The summed E-state index contributed by atoms with van der Waals surface area (Å²) in [5, 5.41) is 13.4. The van der Waals surface area contributed by atoms with Gasteiger partial charge in [0.15, 0.2) is 0 Å². The molecular formula is C26H36F3N5O5S. The molecule has 0 bridgehead atoms. The molecule has 1 aromatic carbocycles. The topological polar surface area (TPSA) is 141 Å². The van der Waals surface area contributed by atoms with Crippen molar-refractivity contribution in [2.75, 3.05) is 35.8 Å². The second-order valence-corrected chi connectivity index (χ2v) is 12.0. The van der Waals surface area contributed by atoms with Gasteiger partial charge in [0.25, 0.3) is 15.9 Å². The number of carbonyl (C=O) groups excluding carboxylic acids is 1. The normalized spacial score (nSPS) is 14.9. The van der Waals surface area contributed by atoms with E-state index in [1.54, 1.807) is 18.2 Å². The Balaban J connectivity index is 0.000000708. The second kappa shape index (κ2) is 13.3. The average molecular weight is 588 g/mol. The molecule has 2 aromatic rings. The molecule has 222 valence electrons. The van der Waals surface area contributed by atoms with Gasteiger partial charge in [-0.1, -0.05) is 39.8 Å². The lowest BCUT2D eigenvalue weighted by atomic mass is 9.87. The molecule has 0 radical (unpaired) electrons. The molecule has 1 saturated heterocycles. The average Bonchev–Trinajstić information content (AvgIpc) is 2.88. The Kier molecular flexibility index (Phi) is 10.9. The molecule has 40 heavy (non-hydrogen) atoms. The van der Waals surface area contributed by atoms with Crippen molar-refractivity contribution in [1.29, 1.82) is 0 Å². The molecular weight excluding hydrogens is 551 g/mol. The Morgan fingerprint density at radius 3 is 2.15 bits per heavy atom. The minimum absolute atomic E-state index is 0.00458. The summed E-state index contributed by atoms with van der Waals surface area (Å²) in [4.78, 5) is 28.6. The predicted molar refractivity (Wildman–Crippen MR) is 146 cm³/mol. The van der Waals surface area contributed by atoms with E-state index < -0.39 is 22.2 Å². The van der Waals surface area contributed by atoms with E-state index in [0.29, 0.717) is 11.4 Å². The van der Waals surface area contributed by atoms with Gasteiger partial charge in [0.2, 0.25) is 0 Å². The molecule has 2 heterocycles. The fourth-order valence-corrected chi connectivity index (χ4v) is 4.60. The molecule has 1 aliphatic heterocycles. The summed E-state index contributed by atoms with van der Waals surface area (Å²) >= 11 is 0. The Labute approximate surface area is 232 Å². The zero-order valence-electron chi connectivity index (χ0n) is 23.1. The van der Waals surface area contributed by atoms with Gasteiger partial charge >= 0.3 is 12.1 Å². The van der Waals surface area contributed by atoms with E-state index in [1.807, 2.05) is 30.9 Å². The maximum Gasteiger partial charge on any atom is 0.490 e. The SMILES string of the molecule is CCC(C)NC(=O)c1cc(NS(=O)(=O)c2ccc(C(C)(C)C)cc2)cnc1N1CCNCC1.O=C(O)C(F)(F)F. The molecule has 0 aliphatic carbocycles. The van der Waals surface area contributed by atoms with Crippen molar-refractivity contribution in [1.82, 2.24) is 15.6 Å². The number of hydrogen-bond donors (Lipinski definition) is 4. The van der Waals surface area contributed by atoms with E-state index in [0.717, 1.165) is 38.2 Å². The van der Waals surface area contributed by atoms with Crippen molar-refractivity contribution < 1.29 is 36.3 Å². The Bertz CT molecular complexity index is 1270. The fraction of sp³-hybridized carbons (Fsp3) is 0.500. The van der Waals surface area contributed by atoms with Gasteiger partial charge in [0.05, 0.1) is 22.3 Å². The van der Waals surface area contributed by atoms with Crippen molar-refractivity contribution >= 4 is 33.4 Å². The molecule has 1 aromatic heterocycles. The molecule has 0 spiro atoms. The first-order valence-electron chi connectivity index (χ1n) is 12.7. The minimum atomic E-state index is -5.08. The summed E-state index contributed by atoms with van der Waals surface area (Å²) in [7, 11) is -3.83. The van der Waals surface area contributed by atoms with E-state index >= 15 is 0 Å². The largest absolute Gasteiger partial charge is 0.490 e. The van der Waals surface area contributed by atoms with Crippen molar-refractivity contribution in [2.45, 2.75) is 63.6 Å². The van der Waals surface area contributed by atoms with Crippen molar-refractivity contribution in [3.05, 3.63) is 47.7 Å². The Morgan fingerprint density at radius 2 is 1.68 bits per heavy atom. The number of nitrogens with one attached hydrogen (secondary N) is 3. The number of pyridine rings is 1. The van der Waals surface area contributed by atoms with Crippen LogP contribution in [0.25, 0.3) is 0 Å². The number of benzene rings is 1. The zero-order chi connectivity index (χ0) is 30.3. The molecule has 1 atom stereocenters. The van der Waals surface area contributed by atoms with Crippen molar-refractivity contribution in [3.63, 3.8) is 0 Å². The monoisotopic (exact) mass is 587 g/mol. The maximum absolute atomic E-state index is 13.0. The van der Waals surface area contributed by atoms with E-state index in [1.165, 1.54) is 6.20 Å². The maximum atomic E-state index is 13.0. The number of aliphatic carboxylic acids is 1. The summed E-state index contributed by atoms with van der Waals surface area (Å²) in [6.07, 6.45) is -2.82. The van der Waals surface area contributed by atoms with Crippen LogP contribution in [0.15, 0.2) is 41.4 Å². The van der Waals surface area contributed by atoms with Crippen LogP contribution in [-0.4, -0.2) is 68.8 Å². The van der Waals surface area contributed by atoms with Gasteiger partial charge in [0, 0.05) is 32.2 Å². The van der Waals surface area contributed by atoms with Crippen LogP contribution in [0.1, 0.15) is 57.0 Å². The number of carboxylic acid groups (broad SMARTS) is 1. The number of anilines is 2. The number of carbonyl (C=O) groups is 2. The second-order valence-electron chi connectivity index (χ2n) is 10.3. The van der Waals surface area contributed by atoms with E-state index in [2.05, 4.69) is 41.1 Å². The van der Waals surface area contributed by atoms with Crippen LogP contribution in [0, 0.1) is 0 Å². The van der Waals surface area contributed by atoms with Gasteiger partial charge < -0.3 is 20.6 Å². The molecule has 14 heteroatoms. The minimum Gasteiger partial charge on any atom is -0.475 e. The molecule has 1 fully saturated rings. The molecule has 1 amide bonds. The molecule has 3 rings (SSSR count). The van der Waals surface area contributed by atoms with Crippen LogP contribution in [0.3, 0.4) is 0 Å². The summed E-state index contributed by atoms with van der Waals surface area (Å²) in [5.41, 5.74) is 1.59. The predicted octanol–water partition coefficient (Wildman–Crippen LogP) is 3.75. The fourth-order valence-electron chi connectivity index (χ4n) is 3.56. The lowest BCUT2D eigenvalue weighted by Crippen LogP contribution is -2.45. The smallest absolute Gasteiger partial charge is 0.475 e. The zero-order valence-corrected chi connectivity index (χ0v) is 23.9. The number of aromatic nitrogens is 1. The van der Waals surface area contributed by atoms with E-state index in [-0.39, 0.29) is 27.9 Å². The van der Waals surface area contributed by atoms with Crippen molar-refractivity contribution in [3.8, 4) is 0 Å². The van der Waals surface area contributed by atoms with Gasteiger partial charge in [-0.05, 0) is 42.5 Å². The summed E-state index contributed by atoms with van der Waals surface area (Å²) in [6, 6.07) is 8.42.